The lowest BCUT2D eigenvalue weighted by Crippen LogP contribution is -2.10. The van der Waals surface area contributed by atoms with Crippen LogP contribution < -0.4 is 0 Å². The summed E-state index contributed by atoms with van der Waals surface area (Å²) in [7, 11) is 0. The molecule has 0 atom stereocenters. The van der Waals surface area contributed by atoms with Gasteiger partial charge in [0, 0.05) is 24.2 Å². The molecule has 0 spiro atoms. The minimum Gasteiger partial charge on any atom is -0.461 e. The SMILES string of the molecule is CCOC(=O)c1cc(C)c2nc(CC)n(Cc3ccc(-c4c(-n5cnnn5)cc(C)n4CC)cc3)c2n1. The fourth-order valence-electron chi connectivity index (χ4n) is 4.80. The summed E-state index contributed by atoms with van der Waals surface area (Å²) in [5.41, 5.74) is 8.05. The molecule has 5 rings (SSSR count). The average molecular weight is 499 g/mol. The van der Waals surface area contributed by atoms with Gasteiger partial charge in [0.2, 0.25) is 0 Å². The first-order chi connectivity index (χ1) is 17.9. The molecule has 0 aliphatic heterocycles. The number of aromatic nitrogens is 8. The summed E-state index contributed by atoms with van der Waals surface area (Å²) in [6.07, 6.45) is 2.36. The summed E-state index contributed by atoms with van der Waals surface area (Å²) in [6, 6.07) is 12.3. The van der Waals surface area contributed by atoms with Crippen LogP contribution in [0.15, 0.2) is 42.7 Å². The van der Waals surface area contributed by atoms with E-state index in [1.807, 2.05) is 6.92 Å². The molecule has 0 aliphatic carbocycles. The second kappa shape index (κ2) is 9.96. The molecule has 4 heterocycles. The van der Waals surface area contributed by atoms with Gasteiger partial charge >= 0.3 is 5.97 Å². The van der Waals surface area contributed by atoms with Crippen LogP contribution in [0.2, 0.25) is 0 Å². The van der Waals surface area contributed by atoms with Crippen molar-refractivity contribution in [3.05, 3.63) is 71.1 Å². The number of esters is 1. The van der Waals surface area contributed by atoms with E-state index >= 15 is 0 Å². The highest BCUT2D eigenvalue weighted by Crippen LogP contribution is 2.31. The Hall–Kier alpha value is -4.34. The Labute approximate surface area is 214 Å². The molecular weight excluding hydrogens is 468 g/mol. The van der Waals surface area contributed by atoms with Crippen LogP contribution >= 0.6 is 0 Å². The van der Waals surface area contributed by atoms with Crippen molar-refractivity contribution in [3.63, 3.8) is 0 Å². The average Bonchev–Trinajstić information content (AvgIpc) is 3.62. The van der Waals surface area contributed by atoms with Crippen LogP contribution in [0.3, 0.4) is 0 Å². The third kappa shape index (κ3) is 4.39. The number of tetrazole rings is 1. The highest BCUT2D eigenvalue weighted by atomic mass is 16.5. The Morgan fingerprint density at radius 3 is 2.43 bits per heavy atom. The molecule has 0 radical (unpaired) electrons. The number of carbonyl (C=O) groups is 1. The maximum absolute atomic E-state index is 12.4. The molecule has 0 aliphatic rings. The fraction of sp³-hybridized carbons (Fsp3) is 0.333. The molecule has 5 aromatic rings. The number of aryl methyl sites for hydroxylation is 3. The zero-order valence-corrected chi connectivity index (χ0v) is 21.8. The van der Waals surface area contributed by atoms with Gasteiger partial charge in [-0.15, -0.1) is 5.10 Å². The molecule has 10 heteroatoms. The number of hydrogen-bond acceptors (Lipinski definition) is 7. The number of rotatable bonds is 8. The second-order valence-electron chi connectivity index (χ2n) is 8.90. The predicted molar refractivity (Wildman–Crippen MR) is 140 cm³/mol. The van der Waals surface area contributed by atoms with E-state index in [1.165, 1.54) is 0 Å². The van der Waals surface area contributed by atoms with Crippen molar-refractivity contribution in [1.82, 2.24) is 39.3 Å². The molecule has 0 unspecified atom stereocenters. The summed E-state index contributed by atoms with van der Waals surface area (Å²) in [5, 5.41) is 11.7. The van der Waals surface area contributed by atoms with Crippen molar-refractivity contribution in [2.24, 2.45) is 0 Å². The Bertz CT molecular complexity index is 1560. The number of benzene rings is 1. The molecule has 0 bridgehead atoms. The Balaban J connectivity index is 1.53. The lowest BCUT2D eigenvalue weighted by Gasteiger charge is -2.13. The first-order valence-corrected chi connectivity index (χ1v) is 12.5. The van der Waals surface area contributed by atoms with Gasteiger partial charge in [0.25, 0.3) is 0 Å². The van der Waals surface area contributed by atoms with Gasteiger partial charge in [0.15, 0.2) is 11.3 Å². The molecule has 0 saturated heterocycles. The molecular formula is C27H30N8O2. The molecule has 37 heavy (non-hydrogen) atoms. The zero-order chi connectivity index (χ0) is 26.1. The van der Waals surface area contributed by atoms with Crippen molar-refractivity contribution >= 4 is 17.1 Å². The summed E-state index contributed by atoms with van der Waals surface area (Å²) in [4.78, 5) is 21.9. The summed E-state index contributed by atoms with van der Waals surface area (Å²) >= 11 is 0. The minimum atomic E-state index is -0.421. The van der Waals surface area contributed by atoms with Crippen LogP contribution in [0.1, 0.15) is 53.9 Å². The van der Waals surface area contributed by atoms with Gasteiger partial charge in [-0.05, 0) is 61.4 Å². The molecule has 10 nitrogen and oxygen atoms in total. The first kappa shape index (κ1) is 24.4. The molecule has 0 amide bonds. The molecule has 0 saturated carbocycles. The maximum Gasteiger partial charge on any atom is 0.357 e. The predicted octanol–water partition coefficient (Wildman–Crippen LogP) is 4.30. The lowest BCUT2D eigenvalue weighted by atomic mass is 10.1. The number of imidazole rings is 1. The maximum atomic E-state index is 12.4. The van der Waals surface area contributed by atoms with Crippen LogP contribution in [0.25, 0.3) is 28.1 Å². The zero-order valence-electron chi connectivity index (χ0n) is 21.8. The molecule has 190 valence electrons. The van der Waals surface area contributed by atoms with Gasteiger partial charge in [0.1, 0.15) is 17.7 Å². The van der Waals surface area contributed by atoms with Crippen LogP contribution in [0.5, 0.6) is 0 Å². The smallest absolute Gasteiger partial charge is 0.357 e. The molecule has 1 aromatic carbocycles. The Morgan fingerprint density at radius 2 is 1.78 bits per heavy atom. The van der Waals surface area contributed by atoms with E-state index in [9.17, 15) is 4.79 Å². The number of nitrogens with zero attached hydrogens (tertiary/aromatic N) is 8. The third-order valence-electron chi connectivity index (χ3n) is 6.54. The van der Waals surface area contributed by atoms with Gasteiger partial charge in [-0.1, -0.05) is 31.2 Å². The normalized spacial score (nSPS) is 11.4. The Morgan fingerprint density at radius 1 is 1.00 bits per heavy atom. The van der Waals surface area contributed by atoms with E-state index in [4.69, 9.17) is 9.72 Å². The summed E-state index contributed by atoms with van der Waals surface area (Å²) < 4.78 is 11.2. The van der Waals surface area contributed by atoms with Gasteiger partial charge in [-0.25, -0.2) is 14.8 Å². The summed E-state index contributed by atoms with van der Waals surface area (Å²) in [5.74, 6) is 0.502. The van der Waals surface area contributed by atoms with Crippen LogP contribution in [0, 0.1) is 13.8 Å². The molecule has 4 aromatic heterocycles. The highest BCUT2D eigenvalue weighted by molar-refractivity contribution is 5.91. The monoisotopic (exact) mass is 498 g/mol. The number of ether oxygens (including phenoxy) is 1. The standard InChI is InChI=1S/C27H30N8O2/c1-6-23-30-24-17(4)13-21(27(36)37-8-3)29-26(24)34(23)15-19-9-11-20(12-10-19)25-22(35-16-28-31-32-35)14-18(5)33(25)7-2/h9-14,16H,6-8,15H2,1-5H3. The van der Waals surface area contributed by atoms with E-state index in [0.29, 0.717) is 24.5 Å². The number of pyridine rings is 1. The second-order valence-corrected chi connectivity index (χ2v) is 8.90. The number of fused-ring (bicyclic) bond motifs is 1. The van der Waals surface area contributed by atoms with Crippen molar-refractivity contribution in [2.45, 2.75) is 54.1 Å². The van der Waals surface area contributed by atoms with E-state index in [0.717, 1.165) is 58.1 Å². The van der Waals surface area contributed by atoms with Crippen molar-refractivity contribution in [1.29, 1.82) is 0 Å². The van der Waals surface area contributed by atoms with Crippen LogP contribution in [-0.4, -0.2) is 51.9 Å². The topological polar surface area (TPSA) is 106 Å². The number of carbonyl (C=O) groups excluding carboxylic acids is 1. The first-order valence-electron chi connectivity index (χ1n) is 12.5. The van der Waals surface area contributed by atoms with Gasteiger partial charge in [-0.2, -0.15) is 4.68 Å². The van der Waals surface area contributed by atoms with Gasteiger partial charge in [-0.3, -0.25) is 0 Å². The van der Waals surface area contributed by atoms with E-state index < -0.39 is 5.97 Å². The largest absolute Gasteiger partial charge is 0.461 e. The van der Waals surface area contributed by atoms with Crippen LogP contribution in [-0.2, 0) is 24.2 Å². The third-order valence-corrected chi connectivity index (χ3v) is 6.54. The Kier molecular flexibility index (Phi) is 6.56. The fourth-order valence-corrected chi connectivity index (χ4v) is 4.80. The van der Waals surface area contributed by atoms with E-state index in [1.54, 1.807) is 24.0 Å². The molecule has 0 N–H and O–H groups in total. The highest BCUT2D eigenvalue weighted by Gasteiger charge is 2.19. The van der Waals surface area contributed by atoms with Gasteiger partial charge < -0.3 is 13.9 Å². The number of hydrogen-bond donors (Lipinski definition) is 0. The quantitative estimate of drug-likeness (QED) is 0.294. The van der Waals surface area contributed by atoms with Crippen molar-refractivity contribution < 1.29 is 9.53 Å². The van der Waals surface area contributed by atoms with Gasteiger partial charge in [0.05, 0.1) is 24.5 Å². The lowest BCUT2D eigenvalue weighted by molar-refractivity contribution is 0.0519. The summed E-state index contributed by atoms with van der Waals surface area (Å²) in [6.45, 7) is 11.8. The van der Waals surface area contributed by atoms with Crippen molar-refractivity contribution in [2.75, 3.05) is 6.61 Å². The van der Waals surface area contributed by atoms with E-state index in [-0.39, 0.29) is 0 Å². The van der Waals surface area contributed by atoms with Crippen molar-refractivity contribution in [3.8, 4) is 16.9 Å². The minimum absolute atomic E-state index is 0.303. The van der Waals surface area contributed by atoms with Crippen LogP contribution in [0.4, 0.5) is 0 Å². The van der Waals surface area contributed by atoms with E-state index in [2.05, 4.69) is 80.7 Å². The molecule has 0 fully saturated rings.